The van der Waals surface area contributed by atoms with Crippen LogP contribution in [-0.2, 0) is 26.4 Å². The van der Waals surface area contributed by atoms with Gasteiger partial charge in [-0.25, -0.2) is 12.0 Å². The second-order valence-electron chi connectivity index (χ2n) is 0.476. The van der Waals surface area contributed by atoms with Gasteiger partial charge in [0.1, 0.15) is 0 Å². The van der Waals surface area contributed by atoms with Crippen molar-refractivity contribution in [2.75, 3.05) is 0 Å². The maximum Gasteiger partial charge on any atom is 1.00 e. The third kappa shape index (κ3) is 10.7. The maximum absolute atomic E-state index is 9.19. The van der Waals surface area contributed by atoms with Gasteiger partial charge in [0.25, 0.3) is 0 Å². The molecule has 0 aliphatic heterocycles. The Morgan fingerprint density at radius 2 is 1.38 bits per heavy atom. The average molecular weight is 183 g/mol. The SMILES string of the molecule is O=S([O-])OS(=O)[O-].[K+]. The number of hydrogen-bond acceptors (Lipinski definition) is 5. The predicted octanol–water partition coefficient (Wildman–Crippen LogP) is -4.40. The van der Waals surface area contributed by atoms with Gasteiger partial charge in [-0.2, -0.15) is 0 Å². The molecule has 0 saturated carbocycles. The summed E-state index contributed by atoms with van der Waals surface area (Å²) in [6.45, 7) is 0. The minimum atomic E-state index is -2.96. The zero-order chi connectivity index (χ0) is 5.86. The molecule has 0 unspecified atom stereocenters. The van der Waals surface area contributed by atoms with Gasteiger partial charge in [0, 0.05) is 0 Å². The quantitative estimate of drug-likeness (QED) is 0.318. The van der Waals surface area contributed by atoms with Crippen LogP contribution in [0.5, 0.6) is 0 Å². The fraction of sp³-hybridized carbons (Fsp3) is 0. The molecular formula is KO5S2-. The second kappa shape index (κ2) is 6.93. The van der Waals surface area contributed by atoms with Crippen molar-refractivity contribution in [3.05, 3.63) is 0 Å². The summed E-state index contributed by atoms with van der Waals surface area (Å²) in [6.07, 6.45) is 0. The van der Waals surface area contributed by atoms with E-state index in [4.69, 9.17) is 0 Å². The monoisotopic (exact) mass is 183 g/mol. The van der Waals surface area contributed by atoms with E-state index in [0.29, 0.717) is 0 Å². The van der Waals surface area contributed by atoms with Gasteiger partial charge in [-0.3, -0.25) is 0 Å². The first-order chi connectivity index (χ1) is 3.13. The first-order valence-corrected chi connectivity index (χ1v) is 3.00. The van der Waals surface area contributed by atoms with Gasteiger partial charge in [-0.15, -0.1) is 0 Å². The molecule has 0 aromatic rings. The van der Waals surface area contributed by atoms with Crippen molar-refractivity contribution in [2.24, 2.45) is 0 Å². The van der Waals surface area contributed by atoms with Gasteiger partial charge in [-0.1, -0.05) is 0 Å². The summed E-state index contributed by atoms with van der Waals surface area (Å²) < 4.78 is 39.9. The summed E-state index contributed by atoms with van der Waals surface area (Å²) in [5.74, 6) is 0. The van der Waals surface area contributed by atoms with Crippen LogP contribution in [0.15, 0.2) is 0 Å². The van der Waals surface area contributed by atoms with E-state index >= 15 is 0 Å². The normalized spacial score (nSPS) is 16.2. The van der Waals surface area contributed by atoms with Crippen LogP contribution in [0.3, 0.4) is 0 Å². The molecule has 0 bridgehead atoms. The smallest absolute Gasteiger partial charge is 0.749 e. The zero-order valence-corrected chi connectivity index (χ0v) is 8.61. The average Bonchev–Trinajstić information content (AvgIpc) is 1.27. The third-order valence-corrected chi connectivity index (χ3v) is 1.00. The summed E-state index contributed by atoms with van der Waals surface area (Å²) in [5, 5.41) is 0. The van der Waals surface area contributed by atoms with Crippen molar-refractivity contribution in [1.29, 1.82) is 0 Å². The summed E-state index contributed by atoms with van der Waals surface area (Å²) in [6, 6.07) is 0. The summed E-state index contributed by atoms with van der Waals surface area (Å²) in [5.41, 5.74) is 0. The van der Waals surface area contributed by atoms with Crippen LogP contribution in [0.25, 0.3) is 0 Å². The van der Waals surface area contributed by atoms with Crippen LogP contribution in [0.2, 0.25) is 0 Å². The van der Waals surface area contributed by atoms with Gasteiger partial charge in [0.15, 0.2) is 0 Å². The van der Waals surface area contributed by atoms with E-state index in [0.717, 1.165) is 0 Å². The Hall–Kier alpha value is 1.82. The van der Waals surface area contributed by atoms with Crippen LogP contribution < -0.4 is 51.4 Å². The van der Waals surface area contributed by atoms with Crippen molar-refractivity contribution in [1.82, 2.24) is 0 Å². The summed E-state index contributed by atoms with van der Waals surface area (Å²) in [7, 11) is 0. The Bertz CT molecular complexity index is 86.6. The second-order valence-corrected chi connectivity index (χ2v) is 1.84. The van der Waals surface area contributed by atoms with E-state index in [9.17, 15) is 17.5 Å². The Labute approximate surface area is 93.6 Å². The minimum absolute atomic E-state index is 0. The van der Waals surface area contributed by atoms with Crippen molar-refractivity contribution >= 4 is 22.7 Å². The Morgan fingerprint density at radius 1 is 1.12 bits per heavy atom. The molecule has 0 radical (unpaired) electrons. The van der Waals surface area contributed by atoms with Crippen molar-refractivity contribution in [2.45, 2.75) is 0 Å². The van der Waals surface area contributed by atoms with E-state index in [1.165, 1.54) is 0 Å². The van der Waals surface area contributed by atoms with Crippen molar-refractivity contribution in [3.63, 3.8) is 0 Å². The Kier molecular flexibility index (Phi) is 10.8. The van der Waals surface area contributed by atoms with Gasteiger partial charge >= 0.3 is 51.4 Å². The van der Waals surface area contributed by atoms with Gasteiger partial charge in [0.2, 0.25) is 0 Å². The van der Waals surface area contributed by atoms with Crippen molar-refractivity contribution < 1.29 is 72.5 Å². The molecule has 0 fully saturated rings. The van der Waals surface area contributed by atoms with E-state index in [2.05, 4.69) is 3.63 Å². The van der Waals surface area contributed by atoms with Gasteiger partial charge in [-0.05, 0) is 0 Å². The number of rotatable bonds is 2. The molecule has 8 heavy (non-hydrogen) atoms. The molecule has 0 amide bonds. The molecule has 8 heteroatoms. The molecule has 0 aliphatic rings. The van der Waals surface area contributed by atoms with Crippen LogP contribution in [0.1, 0.15) is 0 Å². The molecule has 5 nitrogen and oxygen atoms in total. The molecule has 0 spiro atoms. The summed E-state index contributed by atoms with van der Waals surface area (Å²) >= 11 is -5.92. The molecule has 0 rings (SSSR count). The maximum atomic E-state index is 9.19. The van der Waals surface area contributed by atoms with E-state index < -0.39 is 22.7 Å². The van der Waals surface area contributed by atoms with Crippen LogP contribution >= 0.6 is 0 Å². The molecule has 44 valence electrons. The van der Waals surface area contributed by atoms with Crippen LogP contribution in [0.4, 0.5) is 0 Å². The molecule has 0 N–H and O–H groups in total. The van der Waals surface area contributed by atoms with E-state index in [-0.39, 0.29) is 51.4 Å². The fourth-order valence-corrected chi connectivity index (χ4v) is 0.408. The number of hydrogen-bond donors (Lipinski definition) is 0. The van der Waals surface area contributed by atoms with E-state index in [1.807, 2.05) is 0 Å². The Morgan fingerprint density at radius 3 is 1.38 bits per heavy atom. The Balaban J connectivity index is 0. The third-order valence-electron chi connectivity index (χ3n) is 0.111. The molecule has 0 aliphatic carbocycles. The topological polar surface area (TPSA) is 89.5 Å². The summed E-state index contributed by atoms with van der Waals surface area (Å²) in [4.78, 5) is 0. The molecule has 0 aromatic heterocycles. The van der Waals surface area contributed by atoms with Crippen LogP contribution in [-0.4, -0.2) is 17.5 Å². The molecule has 0 aromatic carbocycles. The molecular weight excluding hydrogens is 183 g/mol. The molecule has 0 saturated heterocycles. The van der Waals surface area contributed by atoms with E-state index in [1.54, 1.807) is 0 Å². The predicted molar refractivity (Wildman–Crippen MR) is 18.9 cm³/mol. The van der Waals surface area contributed by atoms with Gasteiger partial charge < -0.3 is 9.11 Å². The fourth-order valence-electron chi connectivity index (χ4n) is 0.0454. The molecule has 0 heterocycles. The van der Waals surface area contributed by atoms with Gasteiger partial charge in [0.05, 0.1) is 22.7 Å². The van der Waals surface area contributed by atoms with Crippen molar-refractivity contribution in [3.8, 4) is 0 Å². The first-order valence-electron chi connectivity index (χ1n) is 1.00. The molecule has 0 atom stereocenters. The largest absolute Gasteiger partial charge is 1.00 e. The van der Waals surface area contributed by atoms with Crippen LogP contribution in [0, 0.1) is 0 Å². The standard InChI is InChI=1S/K.H2O5S2/c;1-6(2)5-7(3)4/h;(H,1,2)(H,3,4)/q+1;/p-2. The zero-order valence-electron chi connectivity index (χ0n) is 3.86. The first kappa shape index (κ1) is 12.5. The minimum Gasteiger partial charge on any atom is -0.749 e.